The highest BCUT2D eigenvalue weighted by Crippen LogP contribution is 2.15. The van der Waals surface area contributed by atoms with E-state index < -0.39 is 0 Å². The molecule has 1 heterocycles. The lowest BCUT2D eigenvalue weighted by atomic mass is 10.0. The summed E-state index contributed by atoms with van der Waals surface area (Å²) in [6.07, 6.45) is 10.4. The number of rotatable bonds is 11. The first kappa shape index (κ1) is 21.4. The molecule has 1 fully saturated rings. The normalized spacial score (nSPS) is 20.1. The molecule has 0 radical (unpaired) electrons. The zero-order valence-electron chi connectivity index (χ0n) is 15.0. The molecule has 0 amide bonds. The van der Waals surface area contributed by atoms with Crippen LogP contribution in [0.2, 0.25) is 0 Å². The van der Waals surface area contributed by atoms with E-state index in [1.54, 1.807) is 0 Å². The van der Waals surface area contributed by atoms with Crippen molar-refractivity contribution in [2.24, 2.45) is 0 Å². The van der Waals surface area contributed by atoms with Gasteiger partial charge in [0.25, 0.3) is 0 Å². The Morgan fingerprint density at radius 3 is 2.42 bits per heavy atom. The smallest absolute Gasteiger partial charge is 0.0767 e. The number of aliphatic hydroxyl groups excluding tert-OH is 1. The molecule has 2 N–H and O–H groups in total. The second-order valence-corrected chi connectivity index (χ2v) is 6.72. The second-order valence-electron chi connectivity index (χ2n) is 6.72. The minimum Gasteiger partial charge on any atom is -0.395 e. The Bertz CT molecular complexity index is 424. The van der Waals surface area contributed by atoms with Crippen molar-refractivity contribution in [2.45, 2.75) is 77.0 Å². The van der Waals surface area contributed by atoms with Crippen LogP contribution in [-0.4, -0.2) is 30.4 Å². The lowest BCUT2D eigenvalue weighted by molar-refractivity contribution is 0.0198. The third-order valence-electron chi connectivity index (χ3n) is 4.79. The molecule has 2 atom stereocenters. The maximum Gasteiger partial charge on any atom is 0.0767 e. The fraction of sp³-hybridized carbons (Fsp3) is 0.700. The summed E-state index contributed by atoms with van der Waals surface area (Å²) < 4.78 is 5.95. The Kier molecular flexibility index (Phi) is 11.4. The molecule has 24 heavy (non-hydrogen) atoms. The van der Waals surface area contributed by atoms with Gasteiger partial charge in [0.05, 0.1) is 25.4 Å². The molecule has 138 valence electrons. The quantitative estimate of drug-likeness (QED) is 0.583. The van der Waals surface area contributed by atoms with E-state index in [0.29, 0.717) is 6.61 Å². The second kappa shape index (κ2) is 12.7. The van der Waals surface area contributed by atoms with Crippen LogP contribution in [0, 0.1) is 0 Å². The molecular weight excluding hydrogens is 322 g/mol. The number of aryl methyl sites for hydroxylation is 1. The lowest BCUT2D eigenvalue weighted by Crippen LogP contribution is -2.35. The third kappa shape index (κ3) is 7.52. The summed E-state index contributed by atoms with van der Waals surface area (Å²) in [6.45, 7) is 3.99. The molecule has 0 saturated carbocycles. The van der Waals surface area contributed by atoms with E-state index in [4.69, 9.17) is 4.74 Å². The summed E-state index contributed by atoms with van der Waals surface area (Å²) in [5, 5.41) is 12.5. The van der Waals surface area contributed by atoms with Crippen LogP contribution in [-0.2, 0) is 17.8 Å². The molecule has 1 aliphatic heterocycles. The van der Waals surface area contributed by atoms with Gasteiger partial charge in [-0.3, -0.25) is 0 Å². The monoisotopic (exact) mass is 355 g/mol. The minimum atomic E-state index is 0. The van der Waals surface area contributed by atoms with Crippen LogP contribution in [0.25, 0.3) is 0 Å². The average Bonchev–Trinajstić information content (AvgIpc) is 3.05. The number of hydrogen-bond acceptors (Lipinski definition) is 3. The van der Waals surface area contributed by atoms with Crippen LogP contribution in [0.1, 0.15) is 63.0 Å². The molecule has 0 bridgehead atoms. The summed E-state index contributed by atoms with van der Waals surface area (Å²) >= 11 is 0. The van der Waals surface area contributed by atoms with Crippen LogP contribution in [0.15, 0.2) is 24.3 Å². The number of ether oxygens (including phenoxy) is 1. The first-order valence-electron chi connectivity index (χ1n) is 9.37. The zero-order chi connectivity index (χ0) is 16.3. The first-order chi connectivity index (χ1) is 11.3. The molecule has 1 aliphatic rings. The van der Waals surface area contributed by atoms with Gasteiger partial charge >= 0.3 is 0 Å². The van der Waals surface area contributed by atoms with Gasteiger partial charge in [0.15, 0.2) is 0 Å². The SMILES string of the molecule is CCCCCCCCc1ccc(CO[C@@H]2CCN[C@H]2CO)cc1.Cl. The van der Waals surface area contributed by atoms with Crippen LogP contribution in [0.5, 0.6) is 0 Å². The van der Waals surface area contributed by atoms with E-state index in [1.807, 2.05) is 0 Å². The van der Waals surface area contributed by atoms with E-state index >= 15 is 0 Å². The van der Waals surface area contributed by atoms with Gasteiger partial charge in [-0.1, -0.05) is 63.3 Å². The summed E-state index contributed by atoms with van der Waals surface area (Å²) in [5.41, 5.74) is 2.65. The van der Waals surface area contributed by atoms with Crippen molar-refractivity contribution < 1.29 is 9.84 Å². The Balaban J connectivity index is 0.00000288. The van der Waals surface area contributed by atoms with Crippen molar-refractivity contribution in [3.05, 3.63) is 35.4 Å². The van der Waals surface area contributed by atoms with Crippen molar-refractivity contribution in [3.63, 3.8) is 0 Å². The van der Waals surface area contributed by atoms with Gasteiger partial charge in [-0.25, -0.2) is 0 Å². The summed E-state index contributed by atoms with van der Waals surface area (Å²) in [4.78, 5) is 0. The zero-order valence-corrected chi connectivity index (χ0v) is 15.8. The molecule has 1 saturated heterocycles. The van der Waals surface area contributed by atoms with Crippen molar-refractivity contribution in [1.82, 2.24) is 5.32 Å². The molecule has 1 aromatic rings. The van der Waals surface area contributed by atoms with Gasteiger partial charge in [0.1, 0.15) is 0 Å². The largest absolute Gasteiger partial charge is 0.395 e. The van der Waals surface area contributed by atoms with Crippen LogP contribution in [0.4, 0.5) is 0 Å². The molecule has 3 nitrogen and oxygen atoms in total. The molecule has 0 aliphatic carbocycles. The van der Waals surface area contributed by atoms with E-state index in [1.165, 1.54) is 56.1 Å². The fourth-order valence-corrected chi connectivity index (χ4v) is 3.24. The molecular formula is C20H34ClNO2. The van der Waals surface area contributed by atoms with E-state index in [-0.39, 0.29) is 31.2 Å². The molecule has 0 unspecified atom stereocenters. The maximum atomic E-state index is 9.28. The molecule has 1 aromatic carbocycles. The predicted molar refractivity (Wildman–Crippen MR) is 103 cm³/mol. The highest BCUT2D eigenvalue weighted by molar-refractivity contribution is 5.85. The first-order valence-corrected chi connectivity index (χ1v) is 9.37. The molecule has 4 heteroatoms. The number of hydrogen-bond donors (Lipinski definition) is 2. The van der Waals surface area contributed by atoms with Gasteiger partial charge < -0.3 is 15.2 Å². The number of benzene rings is 1. The number of nitrogens with one attached hydrogen (secondary N) is 1. The van der Waals surface area contributed by atoms with Crippen LogP contribution in [0.3, 0.4) is 0 Å². The topological polar surface area (TPSA) is 41.5 Å². The van der Waals surface area contributed by atoms with E-state index in [9.17, 15) is 5.11 Å². The van der Waals surface area contributed by atoms with E-state index in [2.05, 4.69) is 36.5 Å². The number of aliphatic hydroxyl groups is 1. The Morgan fingerprint density at radius 2 is 1.71 bits per heavy atom. The molecule has 0 spiro atoms. The van der Waals surface area contributed by atoms with Gasteiger partial charge in [-0.2, -0.15) is 0 Å². The van der Waals surface area contributed by atoms with Gasteiger partial charge in [-0.05, 0) is 36.9 Å². The maximum absolute atomic E-state index is 9.28. The van der Waals surface area contributed by atoms with Crippen molar-refractivity contribution in [2.75, 3.05) is 13.2 Å². The highest BCUT2D eigenvalue weighted by Gasteiger charge is 2.26. The number of halogens is 1. The molecule has 0 aromatic heterocycles. The van der Waals surface area contributed by atoms with Crippen molar-refractivity contribution >= 4 is 12.4 Å². The fourth-order valence-electron chi connectivity index (χ4n) is 3.24. The Morgan fingerprint density at radius 1 is 1.04 bits per heavy atom. The third-order valence-corrected chi connectivity index (χ3v) is 4.79. The predicted octanol–water partition coefficient (Wildman–Crippen LogP) is 4.25. The lowest BCUT2D eigenvalue weighted by Gasteiger charge is -2.18. The van der Waals surface area contributed by atoms with Gasteiger partial charge in [-0.15, -0.1) is 12.4 Å². The van der Waals surface area contributed by atoms with Gasteiger partial charge in [0.2, 0.25) is 0 Å². The Labute approximate surface area is 153 Å². The minimum absolute atomic E-state index is 0. The Hall–Kier alpha value is -0.610. The summed E-state index contributed by atoms with van der Waals surface area (Å²) in [7, 11) is 0. The summed E-state index contributed by atoms with van der Waals surface area (Å²) in [6, 6.07) is 8.94. The van der Waals surface area contributed by atoms with Gasteiger partial charge in [0, 0.05) is 0 Å². The molecule has 2 rings (SSSR count). The van der Waals surface area contributed by atoms with E-state index in [0.717, 1.165) is 13.0 Å². The number of unbranched alkanes of at least 4 members (excludes halogenated alkanes) is 5. The van der Waals surface area contributed by atoms with Crippen LogP contribution >= 0.6 is 12.4 Å². The standard InChI is InChI=1S/C20H33NO2.ClH/c1-2-3-4-5-6-7-8-17-9-11-18(12-10-17)16-23-20-13-14-21-19(20)15-22;/h9-12,19-22H,2-8,13-16H2,1H3;1H/t19-,20+;/m0./s1. The average molecular weight is 356 g/mol. The van der Waals surface area contributed by atoms with Crippen molar-refractivity contribution in [3.8, 4) is 0 Å². The highest BCUT2D eigenvalue weighted by atomic mass is 35.5. The summed E-state index contributed by atoms with van der Waals surface area (Å²) in [5.74, 6) is 0. The van der Waals surface area contributed by atoms with Crippen molar-refractivity contribution in [1.29, 1.82) is 0 Å². The van der Waals surface area contributed by atoms with Crippen LogP contribution < -0.4 is 5.32 Å².